The molecule has 0 N–H and O–H groups in total. The number of rotatable bonds is 0. The van der Waals surface area contributed by atoms with Crippen molar-refractivity contribution in [3.8, 4) is 0 Å². The summed E-state index contributed by atoms with van der Waals surface area (Å²) in [6.45, 7) is 6.73. The van der Waals surface area contributed by atoms with Crippen LogP contribution >= 0.6 is 0 Å². The van der Waals surface area contributed by atoms with Gasteiger partial charge in [-0.15, -0.1) is 0 Å². The predicted octanol–water partition coefficient (Wildman–Crippen LogP) is 1.98. The number of hydrogen-bond acceptors (Lipinski definition) is 1. The second-order valence-corrected chi connectivity index (χ2v) is 5.21. The molecule has 2 saturated heterocycles. The van der Waals surface area contributed by atoms with Crippen molar-refractivity contribution < 1.29 is 0 Å². The van der Waals surface area contributed by atoms with Gasteiger partial charge in [0.1, 0.15) is 0 Å². The molecule has 2 bridgehead atoms. The molecule has 5 atom stereocenters. The van der Waals surface area contributed by atoms with Crippen LogP contribution in [-0.4, -0.2) is 24.5 Å². The average molecular weight is 165 g/mol. The van der Waals surface area contributed by atoms with Crippen LogP contribution in [0.5, 0.6) is 0 Å². The van der Waals surface area contributed by atoms with Crippen molar-refractivity contribution in [1.82, 2.24) is 4.90 Å². The Morgan fingerprint density at radius 3 is 2.83 bits per heavy atom. The van der Waals surface area contributed by atoms with Gasteiger partial charge in [0.2, 0.25) is 0 Å². The zero-order chi connectivity index (χ0) is 8.13. The summed E-state index contributed by atoms with van der Waals surface area (Å²) in [7, 11) is 0. The van der Waals surface area contributed by atoms with Crippen LogP contribution in [-0.2, 0) is 0 Å². The summed E-state index contributed by atoms with van der Waals surface area (Å²) in [6, 6.07) is 0. The molecule has 0 spiro atoms. The largest absolute Gasteiger partial charge is 0.302 e. The highest BCUT2D eigenvalue weighted by molar-refractivity contribution is 4.97. The molecule has 3 fully saturated rings. The first kappa shape index (κ1) is 7.37. The summed E-state index contributed by atoms with van der Waals surface area (Å²) in [5.74, 6) is 4.29. The maximum Gasteiger partial charge on any atom is 0.00157 e. The minimum atomic E-state index is 0.998. The first-order chi connectivity index (χ1) is 5.84. The molecule has 2 heterocycles. The Morgan fingerprint density at radius 2 is 1.92 bits per heavy atom. The Bertz CT molecular complexity index is 189. The van der Waals surface area contributed by atoms with Gasteiger partial charge in [-0.2, -0.15) is 0 Å². The van der Waals surface area contributed by atoms with Gasteiger partial charge in [0.25, 0.3) is 0 Å². The Morgan fingerprint density at radius 1 is 1.00 bits per heavy atom. The Hall–Kier alpha value is -0.0400. The summed E-state index contributed by atoms with van der Waals surface area (Å²) in [4.78, 5) is 2.71. The number of nitrogens with zero attached hydrogens (tertiary/aromatic N) is 1. The lowest BCUT2D eigenvalue weighted by molar-refractivity contribution is 0.143. The minimum Gasteiger partial charge on any atom is -0.302 e. The van der Waals surface area contributed by atoms with E-state index in [0.29, 0.717) is 0 Å². The first-order valence-corrected chi connectivity index (χ1v) is 5.57. The zero-order valence-electron chi connectivity index (χ0n) is 8.00. The molecular weight excluding hydrogens is 146 g/mol. The second kappa shape index (κ2) is 2.47. The molecular formula is C11H19N. The van der Waals surface area contributed by atoms with Crippen molar-refractivity contribution >= 4 is 0 Å². The third-order valence-corrected chi connectivity index (χ3v) is 4.51. The van der Waals surface area contributed by atoms with E-state index in [1.165, 1.54) is 32.5 Å². The van der Waals surface area contributed by atoms with Crippen molar-refractivity contribution in [1.29, 1.82) is 0 Å². The van der Waals surface area contributed by atoms with E-state index in [2.05, 4.69) is 11.8 Å². The number of piperidine rings is 1. The topological polar surface area (TPSA) is 3.24 Å². The highest BCUT2D eigenvalue weighted by Gasteiger charge is 2.45. The standard InChI is InChI=1S/C11H19N/c1-8-5-12-6-9-3-2-4-10(9)11(8)7-12/h8-11H,2-7H2,1H3. The zero-order valence-corrected chi connectivity index (χ0v) is 8.00. The lowest BCUT2D eigenvalue weighted by atomic mass is 9.78. The Kier molecular flexibility index (Phi) is 1.52. The van der Waals surface area contributed by atoms with Crippen LogP contribution in [0, 0.1) is 23.7 Å². The van der Waals surface area contributed by atoms with E-state index >= 15 is 0 Å². The fraction of sp³-hybridized carbons (Fsp3) is 1.00. The van der Waals surface area contributed by atoms with Crippen LogP contribution in [0.25, 0.3) is 0 Å². The molecule has 0 amide bonds. The van der Waals surface area contributed by atoms with Crippen molar-refractivity contribution in [2.45, 2.75) is 26.2 Å². The fourth-order valence-electron chi connectivity index (χ4n) is 3.99. The fourth-order valence-corrected chi connectivity index (χ4v) is 3.99. The molecule has 1 saturated carbocycles. The molecule has 5 unspecified atom stereocenters. The average Bonchev–Trinajstić information content (AvgIpc) is 2.59. The molecule has 2 aliphatic heterocycles. The van der Waals surface area contributed by atoms with E-state index in [-0.39, 0.29) is 0 Å². The predicted molar refractivity (Wildman–Crippen MR) is 49.9 cm³/mol. The molecule has 3 aliphatic rings. The third kappa shape index (κ3) is 0.891. The summed E-state index contributed by atoms with van der Waals surface area (Å²) in [5, 5.41) is 0. The van der Waals surface area contributed by atoms with Crippen molar-refractivity contribution in [2.75, 3.05) is 19.6 Å². The molecule has 1 nitrogen and oxygen atoms in total. The highest BCUT2D eigenvalue weighted by atomic mass is 15.2. The molecule has 0 radical (unpaired) electrons. The van der Waals surface area contributed by atoms with Crippen molar-refractivity contribution in [2.24, 2.45) is 23.7 Å². The first-order valence-electron chi connectivity index (χ1n) is 5.57. The van der Waals surface area contributed by atoms with E-state index in [1.54, 1.807) is 6.42 Å². The lowest BCUT2D eigenvalue weighted by Crippen LogP contribution is -2.37. The van der Waals surface area contributed by atoms with Gasteiger partial charge in [-0.05, 0) is 36.5 Å². The normalized spacial score (nSPS) is 57.2. The van der Waals surface area contributed by atoms with Crippen LogP contribution < -0.4 is 0 Å². The SMILES string of the molecule is CC1CN2CC3CCCC3C1C2. The van der Waals surface area contributed by atoms with E-state index in [0.717, 1.165) is 23.7 Å². The van der Waals surface area contributed by atoms with E-state index < -0.39 is 0 Å². The van der Waals surface area contributed by atoms with Gasteiger partial charge in [-0.25, -0.2) is 0 Å². The number of fused-ring (bicyclic) bond motifs is 4. The van der Waals surface area contributed by atoms with Crippen LogP contribution in [0.15, 0.2) is 0 Å². The molecule has 0 aromatic rings. The maximum absolute atomic E-state index is 2.71. The lowest BCUT2D eigenvalue weighted by Gasteiger charge is -2.34. The molecule has 0 aromatic carbocycles. The summed E-state index contributed by atoms with van der Waals surface area (Å²) >= 11 is 0. The smallest absolute Gasteiger partial charge is 0.00157 e. The molecule has 68 valence electrons. The van der Waals surface area contributed by atoms with Gasteiger partial charge in [0.05, 0.1) is 0 Å². The minimum absolute atomic E-state index is 0.998. The monoisotopic (exact) mass is 165 g/mol. The van der Waals surface area contributed by atoms with Gasteiger partial charge in [-0.1, -0.05) is 13.3 Å². The van der Waals surface area contributed by atoms with Gasteiger partial charge in [-0.3, -0.25) is 0 Å². The summed E-state index contributed by atoms with van der Waals surface area (Å²) in [5.41, 5.74) is 0. The molecule has 1 heteroatoms. The molecule has 3 rings (SSSR count). The third-order valence-electron chi connectivity index (χ3n) is 4.51. The van der Waals surface area contributed by atoms with Crippen molar-refractivity contribution in [3.05, 3.63) is 0 Å². The molecule has 1 aliphatic carbocycles. The van der Waals surface area contributed by atoms with Crippen LogP contribution in [0.2, 0.25) is 0 Å². The number of hydrogen-bond donors (Lipinski definition) is 0. The van der Waals surface area contributed by atoms with Gasteiger partial charge in [0.15, 0.2) is 0 Å². The van der Waals surface area contributed by atoms with Gasteiger partial charge < -0.3 is 4.90 Å². The maximum atomic E-state index is 2.71. The van der Waals surface area contributed by atoms with E-state index in [1.807, 2.05) is 0 Å². The van der Waals surface area contributed by atoms with Crippen LogP contribution in [0.3, 0.4) is 0 Å². The molecule has 0 aromatic heterocycles. The van der Waals surface area contributed by atoms with Gasteiger partial charge in [0, 0.05) is 19.6 Å². The Labute approximate surface area is 75.1 Å². The summed E-state index contributed by atoms with van der Waals surface area (Å²) in [6.07, 6.45) is 4.60. The quantitative estimate of drug-likeness (QED) is 0.530. The van der Waals surface area contributed by atoms with Gasteiger partial charge >= 0.3 is 0 Å². The summed E-state index contributed by atoms with van der Waals surface area (Å²) < 4.78 is 0. The Balaban J connectivity index is 1.86. The van der Waals surface area contributed by atoms with E-state index in [4.69, 9.17) is 0 Å². The highest BCUT2D eigenvalue weighted by Crippen LogP contribution is 2.47. The second-order valence-electron chi connectivity index (χ2n) is 5.21. The van der Waals surface area contributed by atoms with E-state index in [9.17, 15) is 0 Å². The van der Waals surface area contributed by atoms with Crippen molar-refractivity contribution in [3.63, 3.8) is 0 Å². The van der Waals surface area contributed by atoms with Crippen LogP contribution in [0.4, 0.5) is 0 Å². The molecule has 12 heavy (non-hydrogen) atoms. The van der Waals surface area contributed by atoms with Crippen LogP contribution in [0.1, 0.15) is 26.2 Å².